The zero-order valence-corrected chi connectivity index (χ0v) is 85.1. The number of hydrogen-bond acceptors (Lipinski definition) is 31. The van der Waals surface area contributed by atoms with E-state index in [4.69, 9.17) is 75.8 Å². The van der Waals surface area contributed by atoms with Gasteiger partial charge in [-0.15, -0.1) is 0 Å². The first-order valence-electron chi connectivity index (χ1n) is 49.6. The summed E-state index contributed by atoms with van der Waals surface area (Å²) < 4.78 is 84.0. The minimum absolute atomic E-state index is 0.0139. The molecule has 2 heterocycles. The third-order valence-corrected chi connectivity index (χ3v) is 25.8. The lowest BCUT2D eigenvalue weighted by Gasteiger charge is -2.27. The first kappa shape index (κ1) is 119. The van der Waals surface area contributed by atoms with Gasteiger partial charge in [-0.05, 0) is 303 Å². The number of esters is 9. The van der Waals surface area contributed by atoms with Crippen molar-refractivity contribution < 1.29 is 138 Å². The highest BCUT2D eigenvalue weighted by Gasteiger charge is 2.45. The van der Waals surface area contributed by atoms with Crippen LogP contribution in [0.4, 0.5) is 5.13 Å². The number of amides is 2. The van der Waals surface area contributed by atoms with Gasteiger partial charge in [0.05, 0.1) is 138 Å². The Morgan fingerprint density at radius 2 is 0.650 bits per heavy atom. The molecule has 143 heavy (non-hydrogen) atoms. The van der Waals surface area contributed by atoms with Gasteiger partial charge in [-0.25, -0.2) is 38.7 Å². The number of anilines is 1. The number of ether oxygens (including phenoxy) is 16. The molecule has 1 aromatic heterocycles. The molecule has 0 bridgehead atoms. The molecule has 0 radical (unpaired) electrons. The first-order chi connectivity index (χ1) is 69.2. The van der Waals surface area contributed by atoms with Crippen molar-refractivity contribution in [3.05, 3.63) is 189 Å². The van der Waals surface area contributed by atoms with E-state index in [9.17, 15) is 62.3 Å². The quantitative estimate of drug-likeness (QED) is 0.00854. The van der Waals surface area contributed by atoms with Crippen LogP contribution in [-0.4, -0.2) is 189 Å². The molecule has 5 aromatic carbocycles. The molecular weight excluding hydrogens is 1860 g/mol. The van der Waals surface area contributed by atoms with Gasteiger partial charge in [0.1, 0.15) is 51.8 Å². The van der Waals surface area contributed by atoms with Crippen molar-refractivity contribution in [2.24, 2.45) is 35.5 Å². The number of fused-ring (bicyclic) bond motifs is 2. The fraction of sp³-hybridized carbons (Fsp3) is 0.514. The minimum atomic E-state index is -0.730. The smallest absolute Gasteiger partial charge is 0.338 e. The predicted octanol–water partition coefficient (Wildman–Crippen LogP) is 20.9. The first-order valence-corrected chi connectivity index (χ1v) is 50.4. The van der Waals surface area contributed by atoms with E-state index in [2.05, 4.69) is 37.9 Å². The SMILES string of the molecule is C=CC(=O)OCCCCCCC1CCC(OC)CC1.C=CC(=O)OCCCCCCOC(=O)c1ccc(OC)cc1.C=CC(=O)OCCCCCCOc1ccc(OC)cc1.C=CC(=O)OCCCCOC(=O)C1CCC(OC)CC1.C=CC(=O)OCCCCOc1ccc(OC)cc1.CC(=O)C1CCC(C(=O)Oc2ccc(OC(=O)C3CCC(C(C)=O)CC3)c3c2C(=O)N(c2nc4ccccc4s2)C3=O)CC1. The van der Waals surface area contributed by atoms with Crippen LogP contribution >= 0.6 is 11.3 Å². The largest absolute Gasteiger partial charge is 0.497 e. The Hall–Kier alpha value is -12.7. The van der Waals surface area contributed by atoms with Gasteiger partial charge in [-0.3, -0.25) is 33.6 Å². The molecule has 0 N–H and O–H groups in total. The number of ketones is 2. The van der Waals surface area contributed by atoms with Crippen LogP contribution in [0.3, 0.4) is 0 Å². The average Bonchev–Trinajstić information content (AvgIpc) is 1.58. The summed E-state index contributed by atoms with van der Waals surface area (Å²) in [5.41, 5.74) is 0.804. The molecule has 4 aliphatic carbocycles. The Labute approximate surface area is 845 Å². The lowest BCUT2D eigenvalue weighted by atomic mass is 9.80. The van der Waals surface area contributed by atoms with E-state index in [0.29, 0.717) is 153 Å². The van der Waals surface area contributed by atoms with Crippen LogP contribution in [0.25, 0.3) is 10.2 Å². The van der Waals surface area contributed by atoms with E-state index in [0.717, 1.165) is 159 Å². The Bertz CT molecular complexity index is 4840. The zero-order chi connectivity index (χ0) is 104. The van der Waals surface area contributed by atoms with Crippen LogP contribution in [0.5, 0.6) is 40.2 Å². The number of carbonyl (C=O) groups is 13. The standard InChI is InChI=1S/C33H32N2O8S.C17H22O5.C16H22O4.C16H28O3.C15H24O5.C14H18O4/c1-17(36)19-7-11-21(12-8-19)31(40)42-24-15-16-25(43-32(41)22-13-9-20(10-14-22)18(2)37)28-27(24)29(38)35(30(28)39)33-34-23-5-3-4-6-26(23)44-33;1-3-16(18)21-12-6-4-5-7-13-22-17(19)14-8-10-15(20-2)11-9-14;1-3-16(17)20-13-7-5-4-6-12-19-15-10-8-14(18-2)9-11-15;1-3-16(17)19-13-7-5-4-6-8-14-9-11-15(18-2)12-10-14;1-3-14(16)19-10-4-5-11-20-15(17)12-6-8-13(18-2)9-7-12;1-3-14(15)18-11-5-4-10-17-13-8-6-12(16-2)7-9-13/h3-6,15-16,19-22H,7-14H2,1-2H3;3,8-11H,1,4-7,12-13H2,2H3;3,8-11H,1,4-7,12-13H2,2H3;3,14-15H,1,4-13H2,2H3;3,12-13H,1,4-11H2,2H3;3,6-9H,1,4-5,10-11H2,2H3. The second kappa shape index (κ2) is 69.3. The monoisotopic (exact) mass is 2000 g/mol. The zero-order valence-electron chi connectivity index (χ0n) is 84.3. The maximum Gasteiger partial charge on any atom is 0.338 e. The van der Waals surface area contributed by atoms with Gasteiger partial charge in [0.25, 0.3) is 11.8 Å². The molecule has 1 aliphatic heterocycles. The predicted molar refractivity (Wildman–Crippen MR) is 542 cm³/mol. The van der Waals surface area contributed by atoms with E-state index >= 15 is 0 Å². The third-order valence-electron chi connectivity index (χ3n) is 24.8. The number of unbranched alkanes of at least 4 members (excludes halogenated alkanes) is 11. The van der Waals surface area contributed by atoms with Crippen LogP contribution in [-0.2, 0) is 90.6 Å². The summed E-state index contributed by atoms with van der Waals surface area (Å²) in [7, 11) is 8.38. The number of benzene rings is 5. The molecule has 4 fully saturated rings. The topological polar surface area (TPSA) is 386 Å². The van der Waals surface area contributed by atoms with Crippen molar-refractivity contribution in [3.63, 3.8) is 0 Å². The van der Waals surface area contributed by atoms with Crippen LogP contribution < -0.4 is 38.1 Å². The molecule has 11 rings (SSSR count). The van der Waals surface area contributed by atoms with Crippen molar-refractivity contribution >= 4 is 104 Å². The van der Waals surface area contributed by atoms with Crippen molar-refractivity contribution in [2.75, 3.05) is 99.9 Å². The number of carbonyl (C=O) groups excluding carboxylic acids is 13. The summed E-state index contributed by atoms with van der Waals surface area (Å²) in [5, 5.41) is 0.150. The summed E-state index contributed by atoms with van der Waals surface area (Å²) in [6.45, 7) is 24.0. The second-order valence-electron chi connectivity index (χ2n) is 34.9. The highest BCUT2D eigenvalue weighted by molar-refractivity contribution is 7.22. The number of imide groups is 1. The van der Waals surface area contributed by atoms with Gasteiger partial charge < -0.3 is 75.8 Å². The molecule has 0 unspecified atom stereocenters. The molecule has 2 amide bonds. The average molecular weight is 2000 g/mol. The number of rotatable bonds is 52. The van der Waals surface area contributed by atoms with Crippen molar-refractivity contribution in [1.29, 1.82) is 0 Å². The number of para-hydroxylation sites is 1. The highest BCUT2D eigenvalue weighted by Crippen LogP contribution is 2.44. The molecule has 4 saturated carbocycles. The van der Waals surface area contributed by atoms with E-state index in [-0.39, 0.29) is 86.9 Å². The van der Waals surface area contributed by atoms with E-state index in [1.54, 1.807) is 78.7 Å². The Morgan fingerprint density at radius 3 is 1.01 bits per heavy atom. The summed E-state index contributed by atoms with van der Waals surface area (Å²) in [5.74, 6) is -0.960. The lowest BCUT2D eigenvalue weighted by Crippen LogP contribution is -2.30. The van der Waals surface area contributed by atoms with Gasteiger partial charge in [-0.2, -0.15) is 0 Å². The summed E-state index contributed by atoms with van der Waals surface area (Å²) in [6, 6.07) is 31.7. The molecule has 6 aromatic rings. The van der Waals surface area contributed by atoms with Gasteiger partial charge in [-0.1, -0.05) is 82.0 Å². The fourth-order valence-electron chi connectivity index (χ4n) is 16.2. The van der Waals surface area contributed by atoms with E-state index < -0.39 is 47.5 Å². The second-order valence-corrected chi connectivity index (χ2v) is 35.9. The summed E-state index contributed by atoms with van der Waals surface area (Å²) >= 11 is 1.17. The molecule has 5 aliphatic rings. The molecule has 32 heteroatoms. The van der Waals surface area contributed by atoms with E-state index in [1.165, 1.54) is 80.6 Å². The van der Waals surface area contributed by atoms with Crippen molar-refractivity contribution in [2.45, 2.75) is 238 Å². The van der Waals surface area contributed by atoms with Crippen molar-refractivity contribution in [1.82, 2.24) is 4.98 Å². The minimum Gasteiger partial charge on any atom is -0.497 e. The lowest BCUT2D eigenvalue weighted by molar-refractivity contribution is -0.151. The maximum atomic E-state index is 13.9. The number of thiazole rings is 1. The number of nitrogens with zero attached hydrogens (tertiary/aromatic N) is 2. The van der Waals surface area contributed by atoms with Gasteiger partial charge in [0.15, 0.2) is 0 Å². The van der Waals surface area contributed by atoms with Gasteiger partial charge in [0, 0.05) is 56.4 Å². The normalized spacial score (nSPS) is 17.4. The molecule has 780 valence electrons. The Kier molecular flexibility index (Phi) is 57.7. The van der Waals surface area contributed by atoms with Crippen molar-refractivity contribution in [3.8, 4) is 40.2 Å². The number of methoxy groups -OCH3 is 5. The van der Waals surface area contributed by atoms with Gasteiger partial charge in [0.2, 0.25) is 5.13 Å². The molecular formula is C111H146N2O29S. The number of Topliss-reactive ketones (excluding diaryl/α,β-unsaturated/α-hetero) is 2. The number of aromatic nitrogens is 1. The van der Waals surface area contributed by atoms with Crippen LogP contribution in [0.1, 0.15) is 257 Å². The molecule has 0 saturated heterocycles. The van der Waals surface area contributed by atoms with Crippen LogP contribution in [0.15, 0.2) is 172 Å². The fourth-order valence-corrected chi connectivity index (χ4v) is 17.2. The Morgan fingerprint density at radius 1 is 0.343 bits per heavy atom. The van der Waals surface area contributed by atoms with Crippen LogP contribution in [0, 0.1) is 35.5 Å². The summed E-state index contributed by atoms with van der Waals surface area (Å²) in [4.78, 5) is 161. The van der Waals surface area contributed by atoms with Crippen LogP contribution in [0.2, 0.25) is 0 Å². The molecule has 31 nitrogen and oxygen atoms in total. The third kappa shape index (κ3) is 45.2. The maximum absolute atomic E-state index is 13.9. The van der Waals surface area contributed by atoms with Gasteiger partial charge >= 0.3 is 53.7 Å². The Balaban J connectivity index is 0.000000275. The number of hydrogen-bond donors (Lipinski definition) is 0. The highest BCUT2D eigenvalue weighted by atomic mass is 32.1. The van der Waals surface area contributed by atoms with E-state index in [1.807, 2.05) is 67.8 Å². The molecule has 0 spiro atoms. The summed E-state index contributed by atoms with van der Waals surface area (Å²) in [6.07, 6.45) is 35.9. The molecule has 0 atom stereocenters.